The highest BCUT2D eigenvalue weighted by molar-refractivity contribution is 7.99. The zero-order valence-electron chi connectivity index (χ0n) is 7.05. The fourth-order valence-corrected chi connectivity index (χ4v) is 2.28. The van der Waals surface area contributed by atoms with E-state index >= 15 is 0 Å². The Labute approximate surface area is 89.4 Å². The third-order valence-electron chi connectivity index (χ3n) is 1.85. The number of hydrogen-bond donors (Lipinski definition) is 0. The highest BCUT2D eigenvalue weighted by Crippen LogP contribution is 2.38. The van der Waals surface area contributed by atoms with E-state index in [2.05, 4.69) is 0 Å². The lowest BCUT2D eigenvalue weighted by atomic mass is 10.2. The summed E-state index contributed by atoms with van der Waals surface area (Å²) in [4.78, 5) is 11.4. The maximum absolute atomic E-state index is 13.3. The third kappa shape index (κ3) is 1.60. The second-order valence-electron chi connectivity index (χ2n) is 2.72. The average Bonchev–Trinajstić information content (AvgIpc) is 2.18. The maximum Gasteiger partial charge on any atom is 0.256 e. The molecule has 2 rings (SSSR count). The summed E-state index contributed by atoms with van der Waals surface area (Å²) in [5.74, 6) is 0.594. The van der Waals surface area contributed by atoms with Crippen molar-refractivity contribution in [2.75, 3.05) is 12.4 Å². The van der Waals surface area contributed by atoms with Crippen LogP contribution in [0.1, 0.15) is 10.4 Å². The molecule has 0 spiro atoms. The van der Waals surface area contributed by atoms with Gasteiger partial charge in [-0.2, -0.15) is 0 Å². The Hall–Kier alpha value is -0.740. The van der Waals surface area contributed by atoms with Crippen LogP contribution >= 0.6 is 23.4 Å². The molecule has 1 aliphatic heterocycles. The van der Waals surface area contributed by atoms with Crippen LogP contribution < -0.4 is 4.74 Å². The van der Waals surface area contributed by atoms with Gasteiger partial charge < -0.3 is 4.74 Å². The molecule has 1 aromatic carbocycles. The summed E-state index contributed by atoms with van der Waals surface area (Å²) in [6, 6.07) is 2.57. The largest absolute Gasteiger partial charge is 0.491 e. The molecule has 0 bridgehead atoms. The zero-order chi connectivity index (χ0) is 10.1. The van der Waals surface area contributed by atoms with Gasteiger partial charge in [-0.15, -0.1) is 11.8 Å². The number of thioether (sulfide) groups is 1. The molecule has 0 N–H and O–H groups in total. The van der Waals surface area contributed by atoms with Gasteiger partial charge in [0.15, 0.2) is 0 Å². The first kappa shape index (κ1) is 9.80. The Morgan fingerprint density at radius 2 is 2.36 bits per heavy atom. The van der Waals surface area contributed by atoms with Crippen LogP contribution in [0.5, 0.6) is 5.75 Å². The molecule has 1 aromatic rings. The lowest BCUT2D eigenvalue weighted by molar-refractivity contribution is 0.107. The van der Waals surface area contributed by atoms with E-state index < -0.39 is 5.24 Å². The van der Waals surface area contributed by atoms with Gasteiger partial charge in [0, 0.05) is 5.75 Å². The summed E-state index contributed by atoms with van der Waals surface area (Å²) >= 11 is 6.68. The van der Waals surface area contributed by atoms with Crippen molar-refractivity contribution in [3.8, 4) is 5.75 Å². The van der Waals surface area contributed by atoms with Gasteiger partial charge in [0.2, 0.25) is 0 Å². The van der Waals surface area contributed by atoms with E-state index in [-0.39, 0.29) is 17.1 Å². The summed E-state index contributed by atoms with van der Waals surface area (Å²) in [6.45, 7) is 0.471. The lowest BCUT2D eigenvalue weighted by Gasteiger charge is -2.18. The van der Waals surface area contributed by atoms with Crippen LogP contribution in [-0.4, -0.2) is 17.6 Å². The van der Waals surface area contributed by atoms with E-state index in [1.807, 2.05) is 0 Å². The second-order valence-corrected chi connectivity index (χ2v) is 4.17. The molecule has 0 unspecified atom stereocenters. The average molecular weight is 233 g/mol. The van der Waals surface area contributed by atoms with Crippen LogP contribution in [-0.2, 0) is 0 Å². The molecule has 5 heteroatoms. The summed E-state index contributed by atoms with van der Waals surface area (Å²) < 4.78 is 18.5. The molecule has 0 saturated carbocycles. The molecule has 74 valence electrons. The molecule has 0 saturated heterocycles. The monoisotopic (exact) mass is 232 g/mol. The van der Waals surface area contributed by atoms with Gasteiger partial charge in [0.1, 0.15) is 11.6 Å². The smallest absolute Gasteiger partial charge is 0.256 e. The van der Waals surface area contributed by atoms with E-state index in [0.717, 1.165) is 0 Å². The minimum atomic E-state index is -0.622. The quantitative estimate of drug-likeness (QED) is 0.697. The number of halogens is 2. The molecule has 0 fully saturated rings. The van der Waals surface area contributed by atoms with Crippen LogP contribution in [0, 0.1) is 5.82 Å². The fraction of sp³-hybridized carbons (Fsp3) is 0.222. The van der Waals surface area contributed by atoms with Gasteiger partial charge in [-0.1, -0.05) is 0 Å². The van der Waals surface area contributed by atoms with E-state index in [9.17, 15) is 9.18 Å². The van der Waals surface area contributed by atoms with E-state index in [1.165, 1.54) is 23.9 Å². The summed E-state index contributed by atoms with van der Waals surface area (Å²) in [6.07, 6.45) is 0. The van der Waals surface area contributed by atoms with Crippen LogP contribution in [0.2, 0.25) is 0 Å². The molecule has 0 aliphatic carbocycles. The van der Waals surface area contributed by atoms with Crippen molar-refractivity contribution in [3.63, 3.8) is 0 Å². The number of hydrogen-bond acceptors (Lipinski definition) is 3. The highest BCUT2D eigenvalue weighted by atomic mass is 35.5. The minimum absolute atomic E-state index is 0.232. The number of ether oxygens (including phenoxy) is 1. The molecular weight excluding hydrogens is 227 g/mol. The van der Waals surface area contributed by atoms with Crippen LogP contribution in [0.15, 0.2) is 17.0 Å². The van der Waals surface area contributed by atoms with E-state index in [4.69, 9.17) is 16.3 Å². The van der Waals surface area contributed by atoms with Gasteiger partial charge >= 0.3 is 0 Å². The van der Waals surface area contributed by atoms with E-state index in [0.29, 0.717) is 17.3 Å². The number of benzene rings is 1. The maximum atomic E-state index is 13.3. The number of carbonyl (C=O) groups excluding carboxylic acids is 1. The number of rotatable bonds is 1. The molecule has 0 atom stereocenters. The van der Waals surface area contributed by atoms with Crippen LogP contribution in [0.4, 0.5) is 4.39 Å². The normalized spacial score (nSPS) is 14.4. The summed E-state index contributed by atoms with van der Waals surface area (Å²) in [5.41, 5.74) is 0.232. The molecule has 0 aromatic heterocycles. The Morgan fingerprint density at radius 3 is 3.07 bits per heavy atom. The van der Waals surface area contributed by atoms with Gasteiger partial charge in [-0.05, 0) is 23.7 Å². The van der Waals surface area contributed by atoms with Gasteiger partial charge in [-0.25, -0.2) is 4.39 Å². The van der Waals surface area contributed by atoms with Gasteiger partial charge in [-0.3, -0.25) is 4.79 Å². The Morgan fingerprint density at radius 1 is 1.57 bits per heavy atom. The molecule has 14 heavy (non-hydrogen) atoms. The first-order chi connectivity index (χ1) is 6.70. The van der Waals surface area contributed by atoms with Crippen molar-refractivity contribution in [1.82, 2.24) is 0 Å². The number of fused-ring (bicyclic) bond motifs is 1. The zero-order valence-corrected chi connectivity index (χ0v) is 8.62. The SMILES string of the molecule is O=C(Cl)c1ccc(F)c2c1OCCS2. The minimum Gasteiger partial charge on any atom is -0.491 e. The molecule has 1 heterocycles. The van der Waals surface area contributed by atoms with Gasteiger partial charge in [0.25, 0.3) is 5.24 Å². The lowest BCUT2D eigenvalue weighted by Crippen LogP contribution is -2.11. The van der Waals surface area contributed by atoms with Gasteiger partial charge in [0.05, 0.1) is 17.1 Å². The molecular formula is C9H6ClFO2S. The van der Waals surface area contributed by atoms with Crippen molar-refractivity contribution in [2.24, 2.45) is 0 Å². The first-order valence-corrected chi connectivity index (χ1v) is 5.34. The summed E-state index contributed by atoms with van der Waals surface area (Å²) in [7, 11) is 0. The molecule has 0 amide bonds. The van der Waals surface area contributed by atoms with Crippen molar-refractivity contribution in [2.45, 2.75) is 4.90 Å². The van der Waals surface area contributed by atoms with Crippen LogP contribution in [0.3, 0.4) is 0 Å². The number of carbonyl (C=O) groups is 1. The molecule has 1 aliphatic rings. The van der Waals surface area contributed by atoms with Crippen molar-refractivity contribution >= 4 is 28.6 Å². The fourth-order valence-electron chi connectivity index (χ4n) is 1.26. The molecule has 2 nitrogen and oxygen atoms in total. The molecule has 0 radical (unpaired) electrons. The Kier molecular flexibility index (Phi) is 2.65. The Bertz CT molecular complexity index is 395. The van der Waals surface area contributed by atoms with E-state index in [1.54, 1.807) is 0 Å². The summed E-state index contributed by atoms with van der Waals surface area (Å²) in [5, 5.41) is -0.622. The van der Waals surface area contributed by atoms with Crippen molar-refractivity contribution in [3.05, 3.63) is 23.5 Å². The second kappa shape index (κ2) is 3.79. The van der Waals surface area contributed by atoms with Crippen molar-refractivity contribution < 1.29 is 13.9 Å². The third-order valence-corrected chi connectivity index (χ3v) is 3.10. The topological polar surface area (TPSA) is 26.3 Å². The highest BCUT2D eigenvalue weighted by Gasteiger charge is 2.21. The predicted molar refractivity (Wildman–Crippen MR) is 52.8 cm³/mol. The van der Waals surface area contributed by atoms with Crippen molar-refractivity contribution in [1.29, 1.82) is 0 Å². The Balaban J connectivity index is 2.59. The standard InChI is InChI=1S/C9H6ClFO2S/c10-9(12)5-1-2-6(11)8-7(5)13-3-4-14-8/h1-2H,3-4H2. The van der Waals surface area contributed by atoms with Crippen LogP contribution in [0.25, 0.3) is 0 Å². The first-order valence-electron chi connectivity index (χ1n) is 3.98. The predicted octanol–water partition coefficient (Wildman–Crippen LogP) is 2.69.